The van der Waals surface area contributed by atoms with Gasteiger partial charge in [0.25, 0.3) is 0 Å². The van der Waals surface area contributed by atoms with Crippen LogP contribution >= 0.6 is 24.0 Å². The summed E-state index contributed by atoms with van der Waals surface area (Å²) in [5.74, 6) is 2.14. The van der Waals surface area contributed by atoms with Crippen LogP contribution in [0.2, 0.25) is 0 Å². The monoisotopic (exact) mass is 469 g/mol. The number of fused-ring (bicyclic) bond motifs is 1. The van der Waals surface area contributed by atoms with E-state index in [1.807, 2.05) is 18.2 Å². The van der Waals surface area contributed by atoms with Crippen molar-refractivity contribution < 1.29 is 17.9 Å². The molecule has 0 saturated carbocycles. The van der Waals surface area contributed by atoms with Crippen LogP contribution in [0.1, 0.15) is 13.3 Å². The Morgan fingerprint density at radius 1 is 1.25 bits per heavy atom. The predicted octanol–water partition coefficient (Wildman–Crippen LogP) is 1.89. The molecule has 1 aliphatic rings. The molecule has 2 N–H and O–H groups in total. The van der Waals surface area contributed by atoms with Crippen LogP contribution in [-0.2, 0) is 9.84 Å². The molecule has 24 heavy (non-hydrogen) atoms. The van der Waals surface area contributed by atoms with Crippen molar-refractivity contribution >= 4 is 45.5 Å². The summed E-state index contributed by atoms with van der Waals surface area (Å²) in [6.07, 6.45) is 0.854. The van der Waals surface area contributed by atoms with E-state index in [0.29, 0.717) is 31.5 Å². The molecule has 0 amide bonds. The highest BCUT2D eigenvalue weighted by atomic mass is 127. The fourth-order valence-corrected chi connectivity index (χ4v) is 2.73. The van der Waals surface area contributed by atoms with E-state index in [-0.39, 0.29) is 35.5 Å². The molecule has 1 aromatic carbocycles. The molecule has 0 fully saturated rings. The standard InChI is InChI=1S/C15H23N3O4S.HI/c1-3-23(19,20)10-7-17-15(16-2)18-12-5-6-13-14(11-12)22-9-4-8-21-13;/h5-6,11H,3-4,7-10H2,1-2H3,(H2,16,17,18);1H. The molecule has 1 heterocycles. The van der Waals surface area contributed by atoms with Crippen LogP contribution in [0.25, 0.3) is 0 Å². The predicted molar refractivity (Wildman–Crippen MR) is 107 cm³/mol. The minimum Gasteiger partial charge on any atom is -0.490 e. The van der Waals surface area contributed by atoms with E-state index in [2.05, 4.69) is 15.6 Å². The number of ether oxygens (including phenoxy) is 2. The Morgan fingerprint density at radius 3 is 2.62 bits per heavy atom. The summed E-state index contributed by atoms with van der Waals surface area (Å²) in [5, 5.41) is 6.10. The van der Waals surface area contributed by atoms with Gasteiger partial charge < -0.3 is 20.1 Å². The van der Waals surface area contributed by atoms with Gasteiger partial charge in [-0.25, -0.2) is 8.42 Å². The Kier molecular flexibility index (Phi) is 8.60. The van der Waals surface area contributed by atoms with Gasteiger partial charge in [-0.15, -0.1) is 24.0 Å². The third kappa shape index (κ3) is 6.34. The van der Waals surface area contributed by atoms with Crippen molar-refractivity contribution in [2.75, 3.05) is 43.6 Å². The van der Waals surface area contributed by atoms with Crippen LogP contribution in [0, 0.1) is 0 Å². The molecule has 0 saturated heterocycles. The van der Waals surface area contributed by atoms with E-state index >= 15 is 0 Å². The summed E-state index contributed by atoms with van der Waals surface area (Å²) in [4.78, 5) is 4.09. The largest absolute Gasteiger partial charge is 0.490 e. The summed E-state index contributed by atoms with van der Waals surface area (Å²) in [5.41, 5.74) is 0.792. The molecule has 7 nitrogen and oxygen atoms in total. The number of anilines is 1. The maximum absolute atomic E-state index is 11.5. The first kappa shape index (κ1) is 20.8. The molecule has 0 spiro atoms. The second-order valence-electron chi connectivity index (χ2n) is 5.07. The maximum atomic E-state index is 11.5. The Hall–Kier alpha value is -1.23. The lowest BCUT2D eigenvalue weighted by Gasteiger charge is -2.14. The van der Waals surface area contributed by atoms with Crippen molar-refractivity contribution in [3.05, 3.63) is 18.2 Å². The van der Waals surface area contributed by atoms with Gasteiger partial charge in [0.15, 0.2) is 27.3 Å². The zero-order valence-corrected chi connectivity index (χ0v) is 17.0. The Bertz CT molecular complexity index is 665. The number of nitrogens with one attached hydrogen (secondary N) is 2. The molecular weight excluding hydrogens is 445 g/mol. The summed E-state index contributed by atoms with van der Waals surface area (Å²) in [6.45, 7) is 3.22. The van der Waals surface area contributed by atoms with Gasteiger partial charge >= 0.3 is 0 Å². The maximum Gasteiger partial charge on any atom is 0.195 e. The van der Waals surface area contributed by atoms with Crippen molar-refractivity contribution in [3.8, 4) is 11.5 Å². The van der Waals surface area contributed by atoms with Gasteiger partial charge in [-0.1, -0.05) is 6.92 Å². The van der Waals surface area contributed by atoms with Crippen LogP contribution in [-0.4, -0.2) is 52.7 Å². The molecular formula is C15H24IN3O4S. The number of hydrogen-bond donors (Lipinski definition) is 2. The number of aliphatic imine (C=N–C) groups is 1. The first-order chi connectivity index (χ1) is 11.0. The number of benzene rings is 1. The van der Waals surface area contributed by atoms with Crippen molar-refractivity contribution in [1.29, 1.82) is 0 Å². The molecule has 9 heteroatoms. The van der Waals surface area contributed by atoms with Gasteiger partial charge in [0.2, 0.25) is 0 Å². The van der Waals surface area contributed by atoms with Crippen molar-refractivity contribution in [1.82, 2.24) is 5.32 Å². The topological polar surface area (TPSA) is 89.0 Å². The second-order valence-corrected chi connectivity index (χ2v) is 7.55. The molecule has 136 valence electrons. The van der Waals surface area contributed by atoms with Crippen molar-refractivity contribution in [2.45, 2.75) is 13.3 Å². The summed E-state index contributed by atoms with van der Waals surface area (Å²) in [7, 11) is -1.36. The normalized spacial score (nSPS) is 14.3. The highest BCUT2D eigenvalue weighted by Gasteiger charge is 2.12. The Morgan fingerprint density at radius 2 is 1.96 bits per heavy atom. The number of nitrogens with zero attached hydrogens (tertiary/aromatic N) is 1. The highest BCUT2D eigenvalue weighted by Crippen LogP contribution is 2.32. The van der Waals surface area contributed by atoms with Crippen LogP contribution < -0.4 is 20.1 Å². The smallest absolute Gasteiger partial charge is 0.195 e. The van der Waals surface area contributed by atoms with Gasteiger partial charge in [0.05, 0.1) is 19.0 Å². The van der Waals surface area contributed by atoms with Crippen LogP contribution in [0.15, 0.2) is 23.2 Å². The van der Waals surface area contributed by atoms with Crippen molar-refractivity contribution in [2.24, 2.45) is 4.99 Å². The average molecular weight is 469 g/mol. The van der Waals surface area contributed by atoms with E-state index in [1.165, 1.54) is 0 Å². The van der Waals surface area contributed by atoms with Gasteiger partial charge in [-0.2, -0.15) is 0 Å². The quantitative estimate of drug-likeness (QED) is 0.389. The van der Waals surface area contributed by atoms with Crippen LogP contribution in [0.5, 0.6) is 11.5 Å². The molecule has 0 atom stereocenters. The van der Waals surface area contributed by atoms with E-state index in [0.717, 1.165) is 17.9 Å². The summed E-state index contributed by atoms with van der Waals surface area (Å²) in [6, 6.07) is 5.55. The average Bonchev–Trinajstić information content (AvgIpc) is 2.78. The highest BCUT2D eigenvalue weighted by molar-refractivity contribution is 14.0. The number of hydrogen-bond acceptors (Lipinski definition) is 5. The fourth-order valence-electron chi connectivity index (χ4n) is 2.03. The Balaban J connectivity index is 0.00000288. The number of halogens is 1. The van der Waals surface area contributed by atoms with E-state index in [1.54, 1.807) is 14.0 Å². The zero-order chi connectivity index (χ0) is 16.7. The minimum atomic E-state index is -2.99. The molecule has 0 radical (unpaired) electrons. The van der Waals surface area contributed by atoms with Gasteiger partial charge in [-0.3, -0.25) is 4.99 Å². The lowest BCUT2D eigenvalue weighted by molar-refractivity contribution is 0.297. The summed E-state index contributed by atoms with van der Waals surface area (Å²) < 4.78 is 34.2. The zero-order valence-electron chi connectivity index (χ0n) is 13.9. The van der Waals surface area contributed by atoms with Crippen LogP contribution in [0.4, 0.5) is 5.69 Å². The third-order valence-electron chi connectivity index (χ3n) is 3.38. The van der Waals surface area contributed by atoms with Gasteiger partial charge in [-0.05, 0) is 12.1 Å². The van der Waals surface area contributed by atoms with Gasteiger partial charge in [0, 0.05) is 37.5 Å². The molecule has 0 aromatic heterocycles. The minimum absolute atomic E-state index is 0. The Labute approximate surface area is 160 Å². The first-order valence-corrected chi connectivity index (χ1v) is 9.44. The molecule has 2 rings (SSSR count). The lowest BCUT2D eigenvalue weighted by Crippen LogP contribution is -2.34. The second kappa shape index (κ2) is 9.92. The first-order valence-electron chi connectivity index (χ1n) is 7.62. The fraction of sp³-hybridized carbons (Fsp3) is 0.533. The number of sulfone groups is 1. The molecule has 1 aliphatic heterocycles. The van der Waals surface area contributed by atoms with Gasteiger partial charge in [0.1, 0.15) is 0 Å². The van der Waals surface area contributed by atoms with Crippen LogP contribution in [0.3, 0.4) is 0 Å². The SMILES string of the molecule is CCS(=O)(=O)CCNC(=NC)Nc1ccc2c(c1)OCCCO2.I. The molecule has 0 unspecified atom stereocenters. The van der Waals surface area contributed by atoms with E-state index in [9.17, 15) is 8.42 Å². The van der Waals surface area contributed by atoms with E-state index < -0.39 is 9.84 Å². The van der Waals surface area contributed by atoms with Crippen molar-refractivity contribution in [3.63, 3.8) is 0 Å². The summed E-state index contributed by atoms with van der Waals surface area (Å²) >= 11 is 0. The van der Waals surface area contributed by atoms with E-state index in [4.69, 9.17) is 9.47 Å². The number of guanidine groups is 1. The number of rotatable bonds is 5. The molecule has 0 aliphatic carbocycles. The molecule has 1 aromatic rings. The third-order valence-corrected chi connectivity index (χ3v) is 5.08. The molecule has 0 bridgehead atoms. The lowest BCUT2D eigenvalue weighted by atomic mass is 10.3.